The van der Waals surface area contributed by atoms with Crippen molar-refractivity contribution in [3.63, 3.8) is 0 Å². The average molecular weight is 242 g/mol. The van der Waals surface area contributed by atoms with E-state index in [1.54, 1.807) is 12.4 Å². The van der Waals surface area contributed by atoms with Gasteiger partial charge in [-0.3, -0.25) is 4.98 Å². The van der Waals surface area contributed by atoms with Gasteiger partial charge in [-0.1, -0.05) is 17.7 Å². The van der Waals surface area contributed by atoms with E-state index in [-0.39, 0.29) is 6.04 Å². The highest BCUT2D eigenvalue weighted by molar-refractivity contribution is 5.43. The molecule has 1 atom stereocenters. The van der Waals surface area contributed by atoms with Gasteiger partial charge in [0.25, 0.3) is 0 Å². The van der Waals surface area contributed by atoms with Gasteiger partial charge in [-0.25, -0.2) is 0 Å². The molecule has 3 heteroatoms. The first-order valence-electron chi connectivity index (χ1n) is 6.11. The third kappa shape index (κ3) is 2.68. The van der Waals surface area contributed by atoms with Crippen molar-refractivity contribution in [2.75, 3.05) is 6.61 Å². The molecule has 1 aromatic carbocycles. The molecule has 0 saturated carbocycles. The van der Waals surface area contributed by atoms with E-state index in [4.69, 9.17) is 10.5 Å². The van der Waals surface area contributed by atoms with Crippen LogP contribution in [0.3, 0.4) is 0 Å². The molecule has 1 unspecified atom stereocenters. The fraction of sp³-hybridized carbons (Fsp3) is 0.267. The van der Waals surface area contributed by atoms with E-state index in [2.05, 4.69) is 18.0 Å². The number of hydrogen-bond donors (Lipinski definition) is 1. The van der Waals surface area contributed by atoms with E-state index in [0.717, 1.165) is 16.9 Å². The molecule has 1 heterocycles. The molecule has 0 bridgehead atoms. The molecular formula is C15H18N2O. The molecule has 0 aliphatic carbocycles. The third-order valence-corrected chi connectivity index (χ3v) is 2.87. The van der Waals surface area contributed by atoms with Crippen LogP contribution in [0.5, 0.6) is 5.75 Å². The van der Waals surface area contributed by atoms with Crippen molar-refractivity contribution < 1.29 is 4.74 Å². The van der Waals surface area contributed by atoms with Gasteiger partial charge >= 0.3 is 0 Å². The Labute approximate surface area is 108 Å². The lowest BCUT2D eigenvalue weighted by atomic mass is 9.98. The Kier molecular flexibility index (Phi) is 3.95. The van der Waals surface area contributed by atoms with E-state index in [9.17, 15) is 0 Å². The summed E-state index contributed by atoms with van der Waals surface area (Å²) < 4.78 is 5.64. The SMILES string of the molecule is CCOc1ccc(C)cc1C(N)c1ccncc1. The number of aromatic nitrogens is 1. The predicted molar refractivity (Wildman–Crippen MR) is 72.6 cm³/mol. The maximum Gasteiger partial charge on any atom is 0.124 e. The maximum atomic E-state index is 6.31. The first-order chi connectivity index (χ1) is 8.72. The lowest BCUT2D eigenvalue weighted by Gasteiger charge is -2.17. The molecule has 0 amide bonds. The zero-order valence-electron chi connectivity index (χ0n) is 10.8. The van der Waals surface area contributed by atoms with E-state index in [1.165, 1.54) is 5.56 Å². The third-order valence-electron chi connectivity index (χ3n) is 2.87. The number of pyridine rings is 1. The summed E-state index contributed by atoms with van der Waals surface area (Å²) in [6.45, 7) is 4.67. The number of nitrogens with two attached hydrogens (primary N) is 1. The first kappa shape index (κ1) is 12.6. The number of aryl methyl sites for hydroxylation is 1. The highest BCUT2D eigenvalue weighted by Crippen LogP contribution is 2.29. The molecule has 2 N–H and O–H groups in total. The zero-order chi connectivity index (χ0) is 13.0. The molecule has 0 aliphatic rings. The summed E-state index contributed by atoms with van der Waals surface area (Å²) in [6.07, 6.45) is 3.51. The zero-order valence-corrected chi connectivity index (χ0v) is 10.8. The van der Waals surface area contributed by atoms with E-state index in [1.807, 2.05) is 31.2 Å². The van der Waals surface area contributed by atoms with Crippen LogP contribution in [0.15, 0.2) is 42.7 Å². The highest BCUT2D eigenvalue weighted by Gasteiger charge is 2.14. The van der Waals surface area contributed by atoms with E-state index in [0.29, 0.717) is 6.61 Å². The summed E-state index contributed by atoms with van der Waals surface area (Å²) in [7, 11) is 0. The highest BCUT2D eigenvalue weighted by atomic mass is 16.5. The lowest BCUT2D eigenvalue weighted by Crippen LogP contribution is -2.13. The molecule has 18 heavy (non-hydrogen) atoms. The predicted octanol–water partition coefficient (Wildman–Crippen LogP) is 2.84. The molecule has 0 spiro atoms. The molecule has 3 nitrogen and oxygen atoms in total. The smallest absolute Gasteiger partial charge is 0.124 e. The van der Waals surface area contributed by atoms with Gasteiger partial charge in [0, 0.05) is 18.0 Å². The number of benzene rings is 1. The summed E-state index contributed by atoms with van der Waals surface area (Å²) in [5, 5.41) is 0. The van der Waals surface area contributed by atoms with Crippen LogP contribution >= 0.6 is 0 Å². The van der Waals surface area contributed by atoms with Crippen LogP contribution in [0.25, 0.3) is 0 Å². The first-order valence-corrected chi connectivity index (χ1v) is 6.11. The van der Waals surface area contributed by atoms with Crippen molar-refractivity contribution in [1.29, 1.82) is 0 Å². The number of ether oxygens (including phenoxy) is 1. The number of hydrogen-bond acceptors (Lipinski definition) is 3. The summed E-state index contributed by atoms with van der Waals surface area (Å²) in [6, 6.07) is 9.78. The van der Waals surface area contributed by atoms with Crippen LogP contribution in [-0.2, 0) is 0 Å². The quantitative estimate of drug-likeness (QED) is 0.896. The molecular weight excluding hydrogens is 224 g/mol. The minimum atomic E-state index is -0.186. The topological polar surface area (TPSA) is 48.1 Å². The fourth-order valence-electron chi connectivity index (χ4n) is 1.95. The van der Waals surface area contributed by atoms with Gasteiger partial charge in [-0.15, -0.1) is 0 Å². The van der Waals surface area contributed by atoms with Crippen molar-refractivity contribution in [2.45, 2.75) is 19.9 Å². The van der Waals surface area contributed by atoms with Gasteiger partial charge < -0.3 is 10.5 Å². The van der Waals surface area contributed by atoms with Crippen molar-refractivity contribution >= 4 is 0 Å². The van der Waals surface area contributed by atoms with Crippen molar-refractivity contribution in [1.82, 2.24) is 4.98 Å². The Hall–Kier alpha value is -1.87. The van der Waals surface area contributed by atoms with Gasteiger partial charge in [0.1, 0.15) is 5.75 Å². The van der Waals surface area contributed by atoms with E-state index < -0.39 is 0 Å². The van der Waals surface area contributed by atoms with Gasteiger partial charge in [-0.05, 0) is 37.6 Å². The summed E-state index contributed by atoms with van der Waals surface area (Å²) in [4.78, 5) is 4.01. The molecule has 0 aliphatic heterocycles. The molecule has 0 fully saturated rings. The second-order valence-electron chi connectivity index (χ2n) is 4.23. The molecule has 0 saturated heterocycles. The molecule has 1 aromatic heterocycles. The molecule has 2 rings (SSSR count). The molecule has 2 aromatic rings. The van der Waals surface area contributed by atoms with Crippen LogP contribution in [0, 0.1) is 6.92 Å². The maximum absolute atomic E-state index is 6.31. The largest absolute Gasteiger partial charge is 0.494 e. The normalized spacial score (nSPS) is 12.2. The van der Waals surface area contributed by atoms with Gasteiger partial charge in [-0.2, -0.15) is 0 Å². The summed E-state index contributed by atoms with van der Waals surface area (Å²) in [5.74, 6) is 0.854. The number of rotatable bonds is 4. The van der Waals surface area contributed by atoms with Crippen LogP contribution < -0.4 is 10.5 Å². The van der Waals surface area contributed by atoms with E-state index >= 15 is 0 Å². The fourth-order valence-corrected chi connectivity index (χ4v) is 1.95. The Morgan fingerprint density at radius 1 is 1.22 bits per heavy atom. The minimum Gasteiger partial charge on any atom is -0.494 e. The Morgan fingerprint density at radius 3 is 2.61 bits per heavy atom. The second-order valence-corrected chi connectivity index (χ2v) is 4.23. The molecule has 94 valence electrons. The van der Waals surface area contributed by atoms with Crippen LogP contribution in [-0.4, -0.2) is 11.6 Å². The van der Waals surface area contributed by atoms with Crippen LogP contribution in [0.1, 0.15) is 29.7 Å². The van der Waals surface area contributed by atoms with Gasteiger partial charge in [0.15, 0.2) is 0 Å². The monoisotopic (exact) mass is 242 g/mol. The summed E-state index contributed by atoms with van der Waals surface area (Å²) >= 11 is 0. The summed E-state index contributed by atoms with van der Waals surface area (Å²) in [5.41, 5.74) is 9.54. The minimum absolute atomic E-state index is 0.186. The second kappa shape index (κ2) is 5.65. The van der Waals surface area contributed by atoms with Crippen molar-refractivity contribution in [2.24, 2.45) is 5.73 Å². The number of nitrogens with zero attached hydrogens (tertiary/aromatic N) is 1. The van der Waals surface area contributed by atoms with Crippen molar-refractivity contribution in [3.8, 4) is 5.75 Å². The van der Waals surface area contributed by atoms with Crippen molar-refractivity contribution in [3.05, 3.63) is 59.4 Å². The Morgan fingerprint density at radius 2 is 1.94 bits per heavy atom. The van der Waals surface area contributed by atoms with Gasteiger partial charge in [0.05, 0.1) is 12.6 Å². The lowest BCUT2D eigenvalue weighted by molar-refractivity contribution is 0.335. The Bertz CT molecular complexity index is 511. The van der Waals surface area contributed by atoms with Gasteiger partial charge in [0.2, 0.25) is 0 Å². The van der Waals surface area contributed by atoms with Crippen LogP contribution in [0.4, 0.5) is 0 Å². The molecule has 0 radical (unpaired) electrons. The average Bonchev–Trinajstić information content (AvgIpc) is 2.41. The standard InChI is InChI=1S/C15H18N2O/c1-3-18-14-5-4-11(2)10-13(14)15(16)12-6-8-17-9-7-12/h4-10,15H,3,16H2,1-2H3. The Balaban J connectivity index is 2.40. The van der Waals surface area contributed by atoms with Crippen LogP contribution in [0.2, 0.25) is 0 Å².